The van der Waals surface area contributed by atoms with E-state index in [0.29, 0.717) is 0 Å². The van der Waals surface area contributed by atoms with Crippen molar-refractivity contribution < 1.29 is 10.0 Å². The minimum atomic E-state index is -0.0644. The summed E-state index contributed by atoms with van der Waals surface area (Å²) in [4.78, 5) is 16.4. The number of amides is 1. The Labute approximate surface area is 150 Å². The van der Waals surface area contributed by atoms with Crippen molar-refractivity contribution in [3.05, 3.63) is 65.7 Å². The lowest BCUT2D eigenvalue weighted by Crippen LogP contribution is -2.14. The van der Waals surface area contributed by atoms with E-state index in [4.69, 9.17) is 5.21 Å². The molecule has 1 heterocycles. The summed E-state index contributed by atoms with van der Waals surface area (Å²) in [6.45, 7) is 0. The van der Waals surface area contributed by atoms with Crippen LogP contribution in [-0.4, -0.2) is 23.1 Å². The van der Waals surface area contributed by atoms with Crippen LogP contribution in [0, 0.1) is 0 Å². The summed E-state index contributed by atoms with van der Waals surface area (Å²) in [7, 11) is 1.82. The summed E-state index contributed by atoms with van der Waals surface area (Å²) in [5, 5.41) is 15.1. The van der Waals surface area contributed by atoms with E-state index in [9.17, 15) is 4.79 Å². The molecule has 0 atom stereocenters. The molecular weight excluding hydrogens is 336 g/mol. The fourth-order valence-corrected chi connectivity index (χ4v) is 2.92. The minimum Gasteiger partial charge on any atom is -0.365 e. The largest absolute Gasteiger partial charge is 0.365 e. The maximum Gasteiger partial charge on any atom is 0.230 e. The molecule has 1 amide bonds. The Balaban J connectivity index is 0.00000109. The number of hydrogen-bond donors (Lipinski definition) is 4. The highest BCUT2D eigenvalue weighted by atomic mass is 32.1. The van der Waals surface area contributed by atoms with Gasteiger partial charge in [0, 0.05) is 18.1 Å². The van der Waals surface area contributed by atoms with Gasteiger partial charge in [0.25, 0.3) is 0 Å². The van der Waals surface area contributed by atoms with Crippen molar-refractivity contribution in [3.63, 3.8) is 0 Å². The molecule has 5 N–H and O–H groups in total. The van der Waals surface area contributed by atoms with Crippen molar-refractivity contribution in [2.24, 2.45) is 5.90 Å². The third-order valence-electron chi connectivity index (χ3n) is 3.38. The second-order valence-corrected chi connectivity index (χ2v) is 5.92. The Morgan fingerprint density at radius 3 is 2.32 bits per heavy atom. The molecule has 0 fully saturated rings. The van der Waals surface area contributed by atoms with Crippen LogP contribution in [0.4, 0.5) is 10.8 Å². The van der Waals surface area contributed by atoms with Gasteiger partial charge in [-0.25, -0.2) is 10.9 Å². The number of nitrogens with two attached hydrogens (primary N) is 1. The van der Waals surface area contributed by atoms with Gasteiger partial charge in [0.1, 0.15) is 0 Å². The molecule has 0 aliphatic carbocycles. The van der Waals surface area contributed by atoms with Gasteiger partial charge >= 0.3 is 0 Å². The zero-order valence-electron chi connectivity index (χ0n) is 13.8. The van der Waals surface area contributed by atoms with Crippen molar-refractivity contribution in [3.8, 4) is 11.1 Å². The first kappa shape index (κ1) is 18.6. The molecule has 3 rings (SSSR count). The molecule has 3 aromatic rings. The Morgan fingerprint density at radius 1 is 1.08 bits per heavy atom. The zero-order valence-corrected chi connectivity index (χ0v) is 14.6. The molecular formula is C18H20N4O2S. The van der Waals surface area contributed by atoms with Crippen LogP contribution in [0.15, 0.2) is 60.0 Å². The van der Waals surface area contributed by atoms with Crippen LogP contribution in [0.5, 0.6) is 0 Å². The van der Waals surface area contributed by atoms with Crippen LogP contribution in [0.3, 0.4) is 0 Å². The van der Waals surface area contributed by atoms with Crippen LogP contribution in [-0.2, 0) is 11.2 Å². The Bertz CT molecular complexity index is 788. The zero-order chi connectivity index (χ0) is 18.1. The lowest BCUT2D eigenvalue weighted by Gasteiger charge is -2.06. The number of aromatic nitrogens is 1. The monoisotopic (exact) mass is 356 g/mol. The average molecular weight is 356 g/mol. The number of rotatable bonds is 5. The third-order valence-corrected chi connectivity index (χ3v) is 4.29. The lowest BCUT2D eigenvalue weighted by atomic mass is 10.1. The number of benzene rings is 2. The summed E-state index contributed by atoms with van der Waals surface area (Å²) in [5.41, 5.74) is 3.85. The number of anilines is 2. The highest BCUT2D eigenvalue weighted by molar-refractivity contribution is 7.13. The molecule has 0 aliphatic heterocycles. The predicted molar refractivity (Wildman–Crippen MR) is 102 cm³/mol. The highest BCUT2D eigenvalue weighted by Gasteiger charge is 2.08. The quantitative estimate of drug-likeness (QED) is 0.525. The molecule has 0 saturated heterocycles. The topological polar surface area (TPSA) is 100 Å². The molecule has 0 unspecified atom stereocenters. The van der Waals surface area contributed by atoms with Crippen molar-refractivity contribution in [2.45, 2.75) is 6.42 Å². The molecule has 130 valence electrons. The predicted octanol–water partition coefficient (Wildman–Crippen LogP) is 3.37. The van der Waals surface area contributed by atoms with E-state index in [1.54, 1.807) is 0 Å². The molecule has 6 nitrogen and oxygen atoms in total. The van der Waals surface area contributed by atoms with E-state index < -0.39 is 0 Å². The van der Waals surface area contributed by atoms with Gasteiger partial charge in [0.05, 0.1) is 12.1 Å². The first-order valence-corrected chi connectivity index (χ1v) is 8.46. The Hall–Kier alpha value is -2.74. The van der Waals surface area contributed by atoms with Crippen molar-refractivity contribution in [1.29, 1.82) is 0 Å². The van der Waals surface area contributed by atoms with E-state index in [1.165, 1.54) is 11.3 Å². The van der Waals surface area contributed by atoms with E-state index in [0.717, 1.165) is 27.6 Å². The first-order valence-electron chi connectivity index (χ1n) is 7.58. The first-order chi connectivity index (χ1) is 12.2. The van der Waals surface area contributed by atoms with E-state index in [-0.39, 0.29) is 12.3 Å². The van der Waals surface area contributed by atoms with Crippen LogP contribution in [0.1, 0.15) is 5.69 Å². The number of nitrogens with zero attached hydrogens (tertiary/aromatic N) is 1. The number of carbonyl (C=O) groups is 1. The van der Waals surface area contributed by atoms with Gasteiger partial charge in [-0.05, 0) is 23.3 Å². The van der Waals surface area contributed by atoms with Gasteiger partial charge in [0.2, 0.25) is 5.91 Å². The summed E-state index contributed by atoms with van der Waals surface area (Å²) in [6.07, 6.45) is 0.276. The molecule has 2 aromatic carbocycles. The standard InChI is InChI=1S/C18H17N3OS.H3NO/c1-19-18-21-16(12-23-18)11-17(22)20-15-9-7-14(8-10-15)13-5-3-2-4-6-13;1-2/h2-10,12H,11H2,1H3,(H,19,21)(H,20,22);2H,1H2. The maximum atomic E-state index is 12.1. The molecule has 25 heavy (non-hydrogen) atoms. The van der Waals surface area contributed by atoms with Crippen LogP contribution in [0.2, 0.25) is 0 Å². The van der Waals surface area contributed by atoms with Gasteiger partial charge in [-0.2, -0.15) is 0 Å². The molecule has 0 bridgehead atoms. The maximum absolute atomic E-state index is 12.1. The second kappa shape index (κ2) is 9.53. The van der Waals surface area contributed by atoms with Crippen LogP contribution in [0.25, 0.3) is 11.1 Å². The second-order valence-electron chi connectivity index (χ2n) is 5.06. The molecule has 0 saturated carbocycles. The Kier molecular flexibility index (Phi) is 7.09. The number of carbonyl (C=O) groups excluding carboxylic acids is 1. The van der Waals surface area contributed by atoms with Crippen molar-refractivity contribution >= 4 is 28.1 Å². The fraction of sp³-hybridized carbons (Fsp3) is 0.111. The molecule has 0 radical (unpaired) electrons. The van der Waals surface area contributed by atoms with Gasteiger partial charge in [-0.3, -0.25) is 4.79 Å². The summed E-state index contributed by atoms with van der Waals surface area (Å²) >= 11 is 1.50. The van der Waals surface area contributed by atoms with Gasteiger partial charge in [-0.15, -0.1) is 11.3 Å². The van der Waals surface area contributed by atoms with E-state index in [1.807, 2.05) is 54.9 Å². The number of hydrogen-bond acceptors (Lipinski definition) is 6. The third kappa shape index (κ3) is 5.39. The van der Waals surface area contributed by atoms with Crippen molar-refractivity contribution in [2.75, 3.05) is 17.7 Å². The summed E-state index contributed by atoms with van der Waals surface area (Å²) in [6, 6.07) is 18.0. The number of thiazole rings is 1. The summed E-state index contributed by atoms with van der Waals surface area (Å²) < 4.78 is 0. The van der Waals surface area contributed by atoms with Crippen LogP contribution >= 0.6 is 11.3 Å². The molecule has 0 spiro atoms. The smallest absolute Gasteiger partial charge is 0.230 e. The molecule has 0 aliphatic rings. The lowest BCUT2D eigenvalue weighted by molar-refractivity contribution is -0.115. The normalized spacial score (nSPS) is 9.72. The fourth-order valence-electron chi connectivity index (χ4n) is 2.25. The average Bonchev–Trinajstić information content (AvgIpc) is 3.12. The molecule has 7 heteroatoms. The van der Waals surface area contributed by atoms with Gasteiger partial charge in [0.15, 0.2) is 5.13 Å². The SMILES string of the molecule is CNc1nc(CC(=O)Nc2ccc(-c3ccccc3)cc2)cs1.NO. The summed E-state index contributed by atoms with van der Waals surface area (Å²) in [5.74, 6) is 3.44. The Morgan fingerprint density at radius 2 is 1.72 bits per heavy atom. The van der Waals surface area contributed by atoms with Crippen molar-refractivity contribution in [1.82, 2.24) is 4.98 Å². The van der Waals surface area contributed by atoms with E-state index in [2.05, 4.69) is 33.6 Å². The van der Waals surface area contributed by atoms with Gasteiger partial charge in [-0.1, -0.05) is 42.5 Å². The molecule has 1 aromatic heterocycles. The highest BCUT2D eigenvalue weighted by Crippen LogP contribution is 2.21. The van der Waals surface area contributed by atoms with E-state index >= 15 is 0 Å². The number of nitrogens with one attached hydrogen (secondary N) is 2. The minimum absolute atomic E-state index is 0.0644. The van der Waals surface area contributed by atoms with Gasteiger partial charge < -0.3 is 15.8 Å². The van der Waals surface area contributed by atoms with Crippen LogP contribution < -0.4 is 16.5 Å².